The number of halogens is 2. The Hall–Kier alpha value is -3.33. The first-order valence-electron chi connectivity index (χ1n) is 10.7. The molecule has 1 N–H and O–H groups in total. The second-order valence-electron chi connectivity index (χ2n) is 7.18. The average molecular weight is 526 g/mol. The highest BCUT2D eigenvalue weighted by atomic mass is 35.5. The van der Waals surface area contributed by atoms with E-state index >= 15 is 0 Å². The monoisotopic (exact) mass is 525 g/mol. The van der Waals surface area contributed by atoms with Crippen LogP contribution < -0.4 is 10.2 Å². The number of ether oxygens (including phenoxy) is 1. The zero-order valence-electron chi connectivity index (χ0n) is 18.7. The summed E-state index contributed by atoms with van der Waals surface area (Å²) in [4.78, 5) is 12.4. The van der Waals surface area contributed by atoms with Gasteiger partial charge in [-0.1, -0.05) is 71.4 Å². The van der Waals surface area contributed by atoms with Crippen LogP contribution >= 0.6 is 35.0 Å². The van der Waals surface area contributed by atoms with E-state index in [0.717, 1.165) is 17.0 Å². The van der Waals surface area contributed by atoms with Crippen molar-refractivity contribution in [3.8, 4) is 22.8 Å². The Morgan fingerprint density at radius 1 is 1.09 bits per heavy atom. The van der Waals surface area contributed by atoms with Crippen LogP contribution in [0.5, 0.6) is 5.75 Å². The molecule has 10 heteroatoms. The fourth-order valence-corrected chi connectivity index (χ4v) is 4.37. The zero-order valence-corrected chi connectivity index (χ0v) is 21.0. The molecule has 0 radical (unpaired) electrons. The first kappa shape index (κ1) is 24.8. The molecule has 178 valence electrons. The van der Waals surface area contributed by atoms with Crippen LogP contribution in [0.1, 0.15) is 12.5 Å². The summed E-state index contributed by atoms with van der Waals surface area (Å²) in [7, 11) is 0. The smallest absolute Gasteiger partial charge is 0.250 e. The summed E-state index contributed by atoms with van der Waals surface area (Å²) in [6.45, 7) is 2.53. The van der Waals surface area contributed by atoms with Crippen molar-refractivity contribution in [1.29, 1.82) is 0 Å². The molecule has 0 saturated carbocycles. The first-order valence-corrected chi connectivity index (χ1v) is 12.4. The van der Waals surface area contributed by atoms with Crippen molar-refractivity contribution in [3.63, 3.8) is 0 Å². The average Bonchev–Trinajstić information content (AvgIpc) is 3.29. The molecule has 0 aliphatic carbocycles. The van der Waals surface area contributed by atoms with Crippen LogP contribution in [0.3, 0.4) is 0 Å². The third kappa shape index (κ3) is 6.42. The summed E-state index contributed by atoms with van der Waals surface area (Å²) < 4.78 is 7.47. The molecule has 0 bridgehead atoms. The van der Waals surface area contributed by atoms with Crippen LogP contribution in [0.4, 0.5) is 0 Å². The molecule has 0 atom stereocenters. The number of nitrogens with zero attached hydrogens (tertiary/aromatic N) is 4. The Labute approximate surface area is 217 Å². The van der Waals surface area contributed by atoms with Crippen molar-refractivity contribution in [2.75, 3.05) is 12.4 Å². The molecule has 0 spiro atoms. The van der Waals surface area contributed by atoms with E-state index in [0.29, 0.717) is 33.2 Å². The Kier molecular flexibility index (Phi) is 8.41. The number of amides is 1. The predicted molar refractivity (Wildman–Crippen MR) is 141 cm³/mol. The second-order valence-corrected chi connectivity index (χ2v) is 8.97. The summed E-state index contributed by atoms with van der Waals surface area (Å²) in [5, 5.41) is 14.3. The van der Waals surface area contributed by atoms with Gasteiger partial charge in [-0.3, -0.25) is 9.36 Å². The van der Waals surface area contributed by atoms with E-state index in [1.807, 2.05) is 66.1 Å². The summed E-state index contributed by atoms with van der Waals surface area (Å²) in [5.41, 5.74) is 4.92. The van der Waals surface area contributed by atoms with Crippen molar-refractivity contribution >= 4 is 47.1 Å². The highest BCUT2D eigenvalue weighted by Crippen LogP contribution is 2.29. The number of carbonyl (C=O) groups is 1. The third-order valence-electron chi connectivity index (χ3n) is 4.76. The van der Waals surface area contributed by atoms with Gasteiger partial charge in [0.15, 0.2) is 11.0 Å². The molecule has 3 aromatic carbocycles. The molecule has 0 fully saturated rings. The molecule has 35 heavy (non-hydrogen) atoms. The maximum Gasteiger partial charge on any atom is 0.250 e. The lowest BCUT2D eigenvalue weighted by Crippen LogP contribution is -2.20. The number of hydrogen-bond acceptors (Lipinski definition) is 6. The molecular weight excluding hydrogens is 505 g/mol. The number of rotatable bonds is 9. The van der Waals surface area contributed by atoms with Gasteiger partial charge in [0, 0.05) is 21.8 Å². The van der Waals surface area contributed by atoms with E-state index < -0.39 is 0 Å². The second kappa shape index (κ2) is 11.9. The van der Waals surface area contributed by atoms with Crippen LogP contribution in [0.15, 0.2) is 83.1 Å². The summed E-state index contributed by atoms with van der Waals surface area (Å²) in [5.74, 6) is 1.25. The van der Waals surface area contributed by atoms with Gasteiger partial charge in [-0.25, -0.2) is 5.43 Å². The highest BCUT2D eigenvalue weighted by Gasteiger charge is 2.17. The minimum atomic E-state index is -0.293. The Bertz CT molecular complexity index is 1330. The van der Waals surface area contributed by atoms with Crippen molar-refractivity contribution in [2.45, 2.75) is 12.1 Å². The molecule has 4 rings (SSSR count). The van der Waals surface area contributed by atoms with Crippen LogP contribution in [-0.4, -0.2) is 39.2 Å². The highest BCUT2D eigenvalue weighted by molar-refractivity contribution is 7.99. The minimum Gasteiger partial charge on any atom is -0.494 e. The molecule has 7 nitrogen and oxygen atoms in total. The number of aromatic nitrogens is 3. The molecule has 0 saturated heterocycles. The third-order valence-corrected chi connectivity index (χ3v) is 6.25. The lowest BCUT2D eigenvalue weighted by atomic mass is 10.2. The normalized spacial score (nSPS) is 11.1. The van der Waals surface area contributed by atoms with E-state index in [-0.39, 0.29) is 11.7 Å². The molecule has 1 amide bonds. The topological polar surface area (TPSA) is 81.4 Å². The molecular formula is C25H21Cl2N5O2S. The molecule has 0 aliphatic heterocycles. The van der Waals surface area contributed by atoms with Crippen molar-refractivity contribution in [1.82, 2.24) is 20.2 Å². The maximum atomic E-state index is 12.4. The largest absolute Gasteiger partial charge is 0.494 e. The fourth-order valence-electron chi connectivity index (χ4n) is 3.17. The SMILES string of the molecule is CCOc1ccc(-n2c(SCC(=O)N/N=C\c3ccc(Cl)cc3Cl)nnc2-c2ccccc2)cc1. The number of hydrazone groups is 1. The zero-order chi connectivity index (χ0) is 24.6. The standard InChI is InChI=1S/C25H21Cl2N5O2S/c1-2-34-21-12-10-20(11-13-21)32-24(17-6-4-3-5-7-17)30-31-25(32)35-16-23(33)29-28-15-18-8-9-19(26)14-22(18)27/h3-15H,2,16H2,1H3,(H,29,33)/b28-15-. The van der Waals surface area contributed by atoms with Crippen molar-refractivity contribution in [2.24, 2.45) is 5.10 Å². The van der Waals surface area contributed by atoms with Crippen LogP contribution in [-0.2, 0) is 4.79 Å². The van der Waals surface area contributed by atoms with Gasteiger partial charge in [0.1, 0.15) is 5.75 Å². The van der Waals surface area contributed by atoms with E-state index in [9.17, 15) is 4.79 Å². The van der Waals surface area contributed by atoms with Gasteiger partial charge >= 0.3 is 0 Å². The van der Waals surface area contributed by atoms with E-state index in [1.54, 1.807) is 18.2 Å². The van der Waals surface area contributed by atoms with Crippen molar-refractivity contribution in [3.05, 3.63) is 88.4 Å². The molecule has 1 aromatic heterocycles. The van der Waals surface area contributed by atoms with Crippen LogP contribution in [0.2, 0.25) is 10.0 Å². The van der Waals surface area contributed by atoms with Crippen molar-refractivity contribution < 1.29 is 9.53 Å². The number of benzene rings is 3. The van der Waals surface area contributed by atoms with E-state index in [1.165, 1.54) is 18.0 Å². The van der Waals surface area contributed by atoms with Gasteiger partial charge in [-0.05, 0) is 43.3 Å². The maximum absolute atomic E-state index is 12.4. The Morgan fingerprint density at radius 2 is 1.86 bits per heavy atom. The number of nitrogens with one attached hydrogen (secondary N) is 1. The minimum absolute atomic E-state index is 0.0929. The van der Waals surface area contributed by atoms with Gasteiger partial charge in [-0.15, -0.1) is 10.2 Å². The molecule has 0 aliphatic rings. The van der Waals surface area contributed by atoms with Gasteiger partial charge < -0.3 is 4.74 Å². The van der Waals surface area contributed by atoms with E-state index in [2.05, 4.69) is 20.7 Å². The van der Waals surface area contributed by atoms with Gasteiger partial charge in [0.2, 0.25) is 0 Å². The lowest BCUT2D eigenvalue weighted by molar-refractivity contribution is -0.118. The number of carbonyl (C=O) groups excluding carboxylic acids is 1. The molecule has 1 heterocycles. The number of thioether (sulfide) groups is 1. The van der Waals surface area contributed by atoms with E-state index in [4.69, 9.17) is 27.9 Å². The van der Waals surface area contributed by atoms with Gasteiger partial charge in [0.25, 0.3) is 5.91 Å². The first-order chi connectivity index (χ1) is 17.0. The summed E-state index contributed by atoms with van der Waals surface area (Å²) >= 11 is 13.3. The van der Waals surface area contributed by atoms with Gasteiger partial charge in [-0.2, -0.15) is 5.10 Å². The van der Waals surface area contributed by atoms with Gasteiger partial charge in [0.05, 0.1) is 23.6 Å². The summed E-state index contributed by atoms with van der Waals surface area (Å²) in [6.07, 6.45) is 1.47. The molecule has 0 unspecified atom stereocenters. The quantitative estimate of drug-likeness (QED) is 0.167. The summed E-state index contributed by atoms with van der Waals surface area (Å²) in [6, 6.07) is 22.4. The van der Waals surface area contributed by atoms with Crippen LogP contribution in [0, 0.1) is 0 Å². The fraction of sp³-hybridized carbons (Fsp3) is 0.120. The predicted octanol–water partition coefficient (Wildman–Crippen LogP) is 5.88. The number of hydrogen-bond donors (Lipinski definition) is 1. The Balaban J connectivity index is 1.50. The lowest BCUT2D eigenvalue weighted by Gasteiger charge is -2.11. The van der Waals surface area contributed by atoms with Crippen LogP contribution in [0.25, 0.3) is 17.1 Å². The molecule has 4 aromatic rings. The Morgan fingerprint density at radius 3 is 2.57 bits per heavy atom.